The minimum atomic E-state index is -0.205. The van der Waals surface area contributed by atoms with E-state index in [1.165, 1.54) is 30.6 Å². The third-order valence-electron chi connectivity index (χ3n) is 3.32. The van der Waals surface area contributed by atoms with Crippen LogP contribution in [0.25, 0.3) is 10.3 Å². The molecule has 3 nitrogen and oxygen atoms in total. The van der Waals surface area contributed by atoms with E-state index in [4.69, 9.17) is 4.42 Å². The van der Waals surface area contributed by atoms with E-state index in [-0.39, 0.29) is 4.94 Å². The number of fused-ring (bicyclic) bond motifs is 1. The summed E-state index contributed by atoms with van der Waals surface area (Å²) in [4.78, 5) is 11.1. The van der Waals surface area contributed by atoms with Crippen molar-refractivity contribution in [1.82, 2.24) is 5.32 Å². The Morgan fingerprint density at radius 3 is 3.18 bits per heavy atom. The summed E-state index contributed by atoms with van der Waals surface area (Å²) in [6.07, 6.45) is 4.73. The standard InChI is InChI=1S/C13H15NO2S/c15-13-16-12-9(4-3-6-11(12)17-13)8-10-5-1-2-7-14-10/h3-4,6,10,14H,1-2,5,7-8H2. The summed E-state index contributed by atoms with van der Waals surface area (Å²) < 4.78 is 6.24. The Morgan fingerprint density at radius 1 is 1.41 bits per heavy atom. The lowest BCUT2D eigenvalue weighted by Gasteiger charge is -2.23. The second-order valence-corrected chi connectivity index (χ2v) is 5.53. The molecule has 2 aromatic rings. The fourth-order valence-corrected chi connectivity index (χ4v) is 3.19. The van der Waals surface area contributed by atoms with Crippen LogP contribution in [-0.4, -0.2) is 12.6 Å². The van der Waals surface area contributed by atoms with E-state index in [0.717, 1.165) is 28.8 Å². The van der Waals surface area contributed by atoms with Gasteiger partial charge in [0.15, 0.2) is 5.58 Å². The van der Waals surface area contributed by atoms with Crippen molar-refractivity contribution in [2.75, 3.05) is 6.54 Å². The molecular weight excluding hydrogens is 234 g/mol. The summed E-state index contributed by atoms with van der Waals surface area (Å²) in [6, 6.07) is 6.54. The molecule has 90 valence electrons. The van der Waals surface area contributed by atoms with Crippen LogP contribution in [0.4, 0.5) is 0 Å². The van der Waals surface area contributed by atoms with E-state index in [0.29, 0.717) is 6.04 Å². The molecule has 4 heteroatoms. The molecule has 1 saturated heterocycles. The Bertz CT molecular complexity index is 566. The van der Waals surface area contributed by atoms with Crippen molar-refractivity contribution in [2.45, 2.75) is 31.7 Å². The van der Waals surface area contributed by atoms with Crippen molar-refractivity contribution in [1.29, 1.82) is 0 Å². The summed E-state index contributed by atoms with van der Waals surface area (Å²) in [5.74, 6) is 0. The number of benzene rings is 1. The van der Waals surface area contributed by atoms with Crippen LogP contribution in [0.3, 0.4) is 0 Å². The van der Waals surface area contributed by atoms with E-state index < -0.39 is 0 Å². The van der Waals surface area contributed by atoms with Crippen LogP contribution in [0.15, 0.2) is 27.4 Å². The van der Waals surface area contributed by atoms with Gasteiger partial charge in [0.05, 0.1) is 4.70 Å². The maximum absolute atomic E-state index is 11.3. The molecule has 0 saturated carbocycles. The molecule has 0 radical (unpaired) electrons. The largest absolute Gasteiger partial charge is 0.414 e. The highest BCUT2D eigenvalue weighted by atomic mass is 32.1. The average molecular weight is 249 g/mol. The summed E-state index contributed by atoms with van der Waals surface area (Å²) in [5.41, 5.74) is 1.94. The molecule has 1 N–H and O–H groups in total. The van der Waals surface area contributed by atoms with Gasteiger partial charge in [-0.2, -0.15) is 0 Å². The molecule has 0 bridgehead atoms. The zero-order valence-electron chi connectivity index (χ0n) is 9.57. The molecule has 0 aliphatic carbocycles. The molecule has 3 rings (SSSR count). The first kappa shape index (κ1) is 11.0. The van der Waals surface area contributed by atoms with E-state index in [1.807, 2.05) is 12.1 Å². The highest BCUT2D eigenvalue weighted by Gasteiger charge is 2.16. The maximum Gasteiger partial charge on any atom is 0.396 e. The zero-order chi connectivity index (χ0) is 11.7. The predicted octanol–water partition coefficient (Wildman–Crippen LogP) is 2.54. The smallest absolute Gasteiger partial charge is 0.396 e. The van der Waals surface area contributed by atoms with E-state index in [1.54, 1.807) is 0 Å². The van der Waals surface area contributed by atoms with Gasteiger partial charge in [0.1, 0.15) is 0 Å². The summed E-state index contributed by atoms with van der Waals surface area (Å²) in [6.45, 7) is 1.11. The normalized spacial score (nSPS) is 20.8. The Morgan fingerprint density at radius 2 is 2.35 bits per heavy atom. The lowest BCUT2D eigenvalue weighted by Crippen LogP contribution is -2.35. The van der Waals surface area contributed by atoms with Gasteiger partial charge in [-0.3, -0.25) is 0 Å². The van der Waals surface area contributed by atoms with Gasteiger partial charge in [0.25, 0.3) is 0 Å². The minimum absolute atomic E-state index is 0.205. The number of para-hydroxylation sites is 1. The van der Waals surface area contributed by atoms with Crippen LogP contribution in [-0.2, 0) is 6.42 Å². The van der Waals surface area contributed by atoms with E-state index in [2.05, 4.69) is 11.4 Å². The lowest BCUT2D eigenvalue weighted by atomic mass is 9.97. The van der Waals surface area contributed by atoms with Crippen LogP contribution >= 0.6 is 11.3 Å². The fraction of sp³-hybridized carbons (Fsp3) is 0.462. The molecule has 0 spiro atoms. The second-order valence-electron chi connectivity index (χ2n) is 4.55. The monoisotopic (exact) mass is 249 g/mol. The van der Waals surface area contributed by atoms with Gasteiger partial charge in [-0.15, -0.1) is 0 Å². The van der Waals surface area contributed by atoms with Crippen molar-refractivity contribution in [3.05, 3.63) is 33.5 Å². The van der Waals surface area contributed by atoms with Crippen molar-refractivity contribution < 1.29 is 4.42 Å². The van der Waals surface area contributed by atoms with Gasteiger partial charge >= 0.3 is 4.94 Å². The summed E-state index contributed by atoms with van der Waals surface area (Å²) in [7, 11) is 0. The number of nitrogens with one attached hydrogen (secondary N) is 1. The van der Waals surface area contributed by atoms with Gasteiger partial charge < -0.3 is 9.73 Å². The van der Waals surface area contributed by atoms with Gasteiger partial charge in [0.2, 0.25) is 0 Å². The summed E-state index contributed by atoms with van der Waals surface area (Å²) in [5, 5.41) is 3.52. The molecule has 1 aromatic heterocycles. The van der Waals surface area contributed by atoms with Crippen molar-refractivity contribution in [3.63, 3.8) is 0 Å². The van der Waals surface area contributed by atoms with Gasteiger partial charge in [-0.05, 0) is 37.4 Å². The number of piperidine rings is 1. The molecule has 1 unspecified atom stereocenters. The predicted molar refractivity (Wildman–Crippen MR) is 69.7 cm³/mol. The van der Waals surface area contributed by atoms with Crippen molar-refractivity contribution in [3.8, 4) is 0 Å². The third kappa shape index (κ3) is 2.28. The highest BCUT2D eigenvalue weighted by molar-refractivity contribution is 7.16. The third-order valence-corrected chi connectivity index (χ3v) is 4.11. The van der Waals surface area contributed by atoms with Gasteiger partial charge in [-0.1, -0.05) is 29.9 Å². The van der Waals surface area contributed by atoms with Crippen molar-refractivity contribution in [2.24, 2.45) is 0 Å². The Hall–Kier alpha value is -1.13. The molecule has 1 aliphatic heterocycles. The first-order valence-corrected chi connectivity index (χ1v) is 6.89. The quantitative estimate of drug-likeness (QED) is 0.889. The first-order chi connectivity index (χ1) is 8.33. The Labute approximate surface area is 103 Å². The molecule has 1 aromatic carbocycles. The molecule has 0 amide bonds. The van der Waals surface area contributed by atoms with Crippen LogP contribution in [0.5, 0.6) is 0 Å². The number of hydrogen-bond acceptors (Lipinski definition) is 4. The first-order valence-electron chi connectivity index (χ1n) is 6.08. The summed E-state index contributed by atoms with van der Waals surface area (Å²) >= 11 is 1.19. The molecule has 1 atom stereocenters. The minimum Gasteiger partial charge on any atom is -0.414 e. The van der Waals surface area contributed by atoms with Crippen LogP contribution in [0.1, 0.15) is 24.8 Å². The van der Waals surface area contributed by atoms with Crippen LogP contribution in [0.2, 0.25) is 0 Å². The van der Waals surface area contributed by atoms with Crippen LogP contribution in [0, 0.1) is 0 Å². The maximum atomic E-state index is 11.3. The molecule has 2 heterocycles. The average Bonchev–Trinajstić information content (AvgIpc) is 2.72. The highest BCUT2D eigenvalue weighted by Crippen LogP contribution is 2.23. The van der Waals surface area contributed by atoms with Gasteiger partial charge in [-0.25, -0.2) is 4.79 Å². The lowest BCUT2D eigenvalue weighted by molar-refractivity contribution is 0.398. The SMILES string of the molecule is O=c1oc2c(CC3CCCCN3)cccc2s1. The Balaban J connectivity index is 1.91. The van der Waals surface area contributed by atoms with Crippen molar-refractivity contribution >= 4 is 21.6 Å². The molecule has 1 aliphatic rings. The number of rotatable bonds is 2. The van der Waals surface area contributed by atoms with Crippen LogP contribution < -0.4 is 10.3 Å². The van der Waals surface area contributed by atoms with E-state index >= 15 is 0 Å². The zero-order valence-corrected chi connectivity index (χ0v) is 10.4. The molecular formula is C13H15NO2S. The number of hydrogen-bond donors (Lipinski definition) is 1. The molecule has 17 heavy (non-hydrogen) atoms. The fourth-order valence-electron chi connectivity index (χ4n) is 2.48. The topological polar surface area (TPSA) is 42.2 Å². The van der Waals surface area contributed by atoms with E-state index in [9.17, 15) is 4.79 Å². The van der Waals surface area contributed by atoms with Gasteiger partial charge in [0, 0.05) is 6.04 Å². The second kappa shape index (κ2) is 4.63. The molecule has 1 fully saturated rings. The Kier molecular flexibility index (Phi) is 2.99.